The predicted octanol–water partition coefficient (Wildman–Crippen LogP) is 4.84. The number of fused-ring (bicyclic) bond motifs is 1. The Morgan fingerprint density at radius 3 is 2.75 bits per heavy atom. The first-order valence-electron chi connectivity index (χ1n) is 10.8. The van der Waals surface area contributed by atoms with Gasteiger partial charge in [-0.05, 0) is 49.1 Å². The van der Waals surface area contributed by atoms with Crippen molar-refractivity contribution in [2.24, 2.45) is 5.92 Å². The molecule has 1 fully saturated rings. The Morgan fingerprint density at radius 1 is 1.22 bits per heavy atom. The fourth-order valence-corrected chi connectivity index (χ4v) is 5.16. The van der Waals surface area contributed by atoms with E-state index >= 15 is 0 Å². The Hall–Kier alpha value is -2.51. The number of hydrogen-bond donors (Lipinski definition) is 1. The molecule has 1 aliphatic carbocycles. The second-order valence-electron chi connectivity index (χ2n) is 7.97. The number of amides is 1. The van der Waals surface area contributed by atoms with Crippen LogP contribution in [0.4, 0.5) is 0 Å². The Morgan fingerprint density at radius 2 is 2.00 bits per heavy atom. The van der Waals surface area contributed by atoms with Gasteiger partial charge in [0.25, 0.3) is 5.56 Å². The molecule has 0 aliphatic heterocycles. The molecular formula is C24H26ClN3O3S. The quantitative estimate of drug-likeness (QED) is 0.394. The van der Waals surface area contributed by atoms with E-state index in [2.05, 4.69) is 10.3 Å². The van der Waals surface area contributed by atoms with Gasteiger partial charge in [0, 0.05) is 6.54 Å². The first-order chi connectivity index (χ1) is 15.6. The number of carbonyl (C=O) groups excluding carboxylic acids is 1. The van der Waals surface area contributed by atoms with Gasteiger partial charge in [0.2, 0.25) is 5.91 Å². The zero-order chi connectivity index (χ0) is 22.5. The molecule has 0 saturated heterocycles. The predicted molar refractivity (Wildman–Crippen MR) is 129 cm³/mol. The molecule has 1 amide bonds. The van der Waals surface area contributed by atoms with Crippen molar-refractivity contribution >= 4 is 40.2 Å². The van der Waals surface area contributed by atoms with Crippen LogP contribution in [0, 0.1) is 5.92 Å². The van der Waals surface area contributed by atoms with Gasteiger partial charge >= 0.3 is 0 Å². The van der Waals surface area contributed by atoms with Gasteiger partial charge in [-0.25, -0.2) is 4.98 Å². The van der Waals surface area contributed by atoms with Gasteiger partial charge in [0.1, 0.15) is 5.75 Å². The molecule has 4 rings (SSSR count). The van der Waals surface area contributed by atoms with Crippen molar-refractivity contribution in [3.63, 3.8) is 0 Å². The topological polar surface area (TPSA) is 73.2 Å². The summed E-state index contributed by atoms with van der Waals surface area (Å²) in [4.78, 5) is 30.5. The number of nitrogens with one attached hydrogen (secondary N) is 1. The zero-order valence-electron chi connectivity index (χ0n) is 18.0. The normalized spacial score (nSPS) is 14.4. The molecule has 8 heteroatoms. The summed E-state index contributed by atoms with van der Waals surface area (Å²) in [7, 11) is 1.54. The van der Waals surface area contributed by atoms with Crippen LogP contribution in [0.5, 0.6) is 5.75 Å². The van der Waals surface area contributed by atoms with E-state index in [1.807, 2.05) is 12.1 Å². The highest BCUT2D eigenvalue weighted by atomic mass is 35.5. The van der Waals surface area contributed by atoms with E-state index in [1.165, 1.54) is 55.5 Å². The zero-order valence-corrected chi connectivity index (χ0v) is 19.5. The van der Waals surface area contributed by atoms with Crippen LogP contribution in [0.2, 0.25) is 5.02 Å². The van der Waals surface area contributed by atoms with Gasteiger partial charge in [-0.3, -0.25) is 14.2 Å². The van der Waals surface area contributed by atoms with Crippen molar-refractivity contribution in [1.29, 1.82) is 0 Å². The number of ether oxygens (including phenoxy) is 1. The molecule has 0 bridgehead atoms. The van der Waals surface area contributed by atoms with E-state index in [9.17, 15) is 9.59 Å². The SMILES string of the molecule is COc1ccc(-n2c(SCC(=O)NCC3CCCCC3)nc3ccccc3c2=O)cc1Cl. The average Bonchev–Trinajstić information content (AvgIpc) is 2.82. The monoisotopic (exact) mass is 471 g/mol. The molecule has 0 spiro atoms. The highest BCUT2D eigenvalue weighted by Crippen LogP contribution is 2.29. The number of hydrogen-bond acceptors (Lipinski definition) is 5. The van der Waals surface area contributed by atoms with Crippen LogP contribution in [-0.2, 0) is 4.79 Å². The van der Waals surface area contributed by atoms with Crippen molar-refractivity contribution in [3.8, 4) is 11.4 Å². The minimum absolute atomic E-state index is 0.0534. The first kappa shape index (κ1) is 22.7. The fourth-order valence-electron chi connectivity index (χ4n) is 4.06. The Bertz CT molecular complexity index is 1170. The van der Waals surface area contributed by atoms with Crippen LogP contribution >= 0.6 is 23.4 Å². The number of nitrogens with zero attached hydrogens (tertiary/aromatic N) is 2. The van der Waals surface area contributed by atoms with Crippen LogP contribution < -0.4 is 15.6 Å². The summed E-state index contributed by atoms with van der Waals surface area (Å²) in [5.74, 6) is 1.22. The second kappa shape index (κ2) is 10.4. The largest absolute Gasteiger partial charge is 0.495 e. The summed E-state index contributed by atoms with van der Waals surface area (Å²) in [6.45, 7) is 0.714. The molecule has 2 aromatic carbocycles. The van der Waals surface area contributed by atoms with Crippen molar-refractivity contribution in [2.75, 3.05) is 19.4 Å². The van der Waals surface area contributed by atoms with E-state index in [0.717, 1.165) is 0 Å². The highest BCUT2D eigenvalue weighted by Gasteiger charge is 2.17. The molecular weight excluding hydrogens is 446 g/mol. The lowest BCUT2D eigenvalue weighted by Gasteiger charge is -2.21. The van der Waals surface area contributed by atoms with Crippen molar-refractivity contribution in [1.82, 2.24) is 14.9 Å². The van der Waals surface area contributed by atoms with Crippen LogP contribution in [-0.4, -0.2) is 34.9 Å². The Balaban J connectivity index is 1.59. The lowest BCUT2D eigenvalue weighted by atomic mass is 9.89. The Labute approximate surface area is 196 Å². The lowest BCUT2D eigenvalue weighted by molar-refractivity contribution is -0.118. The van der Waals surface area contributed by atoms with Gasteiger partial charge in [-0.1, -0.05) is 54.8 Å². The third kappa shape index (κ3) is 5.10. The Kier molecular flexibility index (Phi) is 7.37. The van der Waals surface area contributed by atoms with E-state index in [1.54, 1.807) is 30.3 Å². The number of thioether (sulfide) groups is 1. The number of benzene rings is 2. The second-order valence-corrected chi connectivity index (χ2v) is 9.32. The molecule has 1 N–H and O–H groups in total. The van der Waals surface area contributed by atoms with Gasteiger partial charge in [-0.2, -0.15) is 0 Å². The maximum atomic E-state index is 13.3. The van der Waals surface area contributed by atoms with Gasteiger partial charge in [0.15, 0.2) is 5.16 Å². The third-order valence-electron chi connectivity index (χ3n) is 5.78. The standard InChI is InChI=1S/C24H26ClN3O3S/c1-31-21-12-11-17(13-19(21)25)28-23(30)18-9-5-6-10-20(18)27-24(28)32-15-22(29)26-14-16-7-3-2-4-8-16/h5-6,9-13,16H,2-4,7-8,14-15H2,1H3,(H,26,29). The molecule has 1 aromatic heterocycles. The molecule has 0 unspecified atom stereocenters. The van der Waals surface area contributed by atoms with Crippen LogP contribution in [0.1, 0.15) is 32.1 Å². The van der Waals surface area contributed by atoms with E-state index in [4.69, 9.17) is 16.3 Å². The van der Waals surface area contributed by atoms with Gasteiger partial charge in [0.05, 0.1) is 34.5 Å². The molecule has 0 atom stereocenters. The van der Waals surface area contributed by atoms with Gasteiger partial charge < -0.3 is 10.1 Å². The molecule has 32 heavy (non-hydrogen) atoms. The molecule has 1 aliphatic rings. The molecule has 3 aromatic rings. The van der Waals surface area contributed by atoms with Crippen molar-refractivity contribution in [2.45, 2.75) is 37.3 Å². The summed E-state index contributed by atoms with van der Waals surface area (Å²) in [5.41, 5.74) is 0.963. The number of aromatic nitrogens is 2. The minimum atomic E-state index is -0.207. The summed E-state index contributed by atoms with van der Waals surface area (Å²) in [6.07, 6.45) is 6.13. The molecule has 0 radical (unpaired) electrons. The smallest absolute Gasteiger partial charge is 0.266 e. The molecule has 1 heterocycles. The fraction of sp³-hybridized carbons (Fsp3) is 0.375. The summed E-state index contributed by atoms with van der Waals surface area (Å²) >= 11 is 7.56. The lowest BCUT2D eigenvalue weighted by Crippen LogP contribution is -2.31. The van der Waals surface area contributed by atoms with Crippen LogP contribution in [0.3, 0.4) is 0 Å². The van der Waals surface area contributed by atoms with Crippen molar-refractivity contribution in [3.05, 3.63) is 57.8 Å². The van der Waals surface area contributed by atoms with E-state index in [0.29, 0.717) is 45.0 Å². The van der Waals surface area contributed by atoms with Crippen LogP contribution in [0.25, 0.3) is 16.6 Å². The van der Waals surface area contributed by atoms with Crippen LogP contribution in [0.15, 0.2) is 52.4 Å². The number of methoxy groups -OCH3 is 1. The molecule has 6 nitrogen and oxygen atoms in total. The first-order valence-corrected chi connectivity index (χ1v) is 12.2. The minimum Gasteiger partial charge on any atom is -0.495 e. The third-order valence-corrected chi connectivity index (χ3v) is 7.02. The van der Waals surface area contributed by atoms with E-state index < -0.39 is 0 Å². The maximum absolute atomic E-state index is 13.3. The maximum Gasteiger partial charge on any atom is 0.266 e. The average molecular weight is 472 g/mol. The number of carbonyl (C=O) groups is 1. The van der Waals surface area contributed by atoms with Gasteiger partial charge in [-0.15, -0.1) is 0 Å². The van der Waals surface area contributed by atoms with Crippen molar-refractivity contribution < 1.29 is 9.53 Å². The molecule has 1 saturated carbocycles. The number of rotatable bonds is 7. The summed E-state index contributed by atoms with van der Waals surface area (Å²) < 4.78 is 6.74. The highest BCUT2D eigenvalue weighted by molar-refractivity contribution is 7.99. The number of para-hydroxylation sites is 1. The summed E-state index contributed by atoms with van der Waals surface area (Å²) in [6, 6.07) is 12.3. The van der Waals surface area contributed by atoms with E-state index in [-0.39, 0.29) is 17.2 Å². The number of halogens is 1. The molecule has 168 valence electrons. The summed E-state index contributed by atoms with van der Waals surface area (Å²) in [5, 5.41) is 4.39.